The van der Waals surface area contributed by atoms with Crippen LogP contribution in [0.2, 0.25) is 25.7 Å². The minimum absolute atomic E-state index is 0.0116. The molecule has 0 saturated carbocycles. The molecule has 0 radical (unpaired) electrons. The molecule has 39 heavy (non-hydrogen) atoms. The van der Waals surface area contributed by atoms with Gasteiger partial charge in [0.15, 0.2) is 11.7 Å². The second-order valence-electron chi connectivity index (χ2n) is 11.3. The van der Waals surface area contributed by atoms with Crippen molar-refractivity contribution in [2.75, 3.05) is 19.9 Å². The number of nitrogens with zero attached hydrogens (tertiary/aromatic N) is 4. The van der Waals surface area contributed by atoms with E-state index < -0.39 is 25.3 Å². The molecule has 0 aliphatic heterocycles. The van der Waals surface area contributed by atoms with Crippen molar-refractivity contribution in [2.24, 2.45) is 21.1 Å². The van der Waals surface area contributed by atoms with E-state index >= 15 is 4.39 Å². The van der Waals surface area contributed by atoms with E-state index in [-0.39, 0.29) is 42.9 Å². The Morgan fingerprint density at radius 2 is 1.90 bits per heavy atom. The van der Waals surface area contributed by atoms with Crippen LogP contribution in [0.5, 0.6) is 5.88 Å². The van der Waals surface area contributed by atoms with Crippen molar-refractivity contribution in [3.63, 3.8) is 0 Å². The molecule has 0 fully saturated rings. The molecule has 2 aromatic heterocycles. The molecule has 3 N–H and O–H groups in total. The number of aliphatic imine (C=N–C) groups is 2. The van der Waals surface area contributed by atoms with E-state index in [1.165, 1.54) is 18.5 Å². The number of aliphatic carboxylic acids is 1. The van der Waals surface area contributed by atoms with Crippen LogP contribution >= 0.6 is 0 Å². The summed E-state index contributed by atoms with van der Waals surface area (Å²) in [5, 5.41) is 9.24. The summed E-state index contributed by atoms with van der Waals surface area (Å²) in [6.07, 6.45) is 2.77. The highest BCUT2D eigenvalue weighted by atomic mass is 28.3. The fraction of sp³-hybridized carbons (Fsp3) is 0.519. The van der Waals surface area contributed by atoms with Crippen LogP contribution in [0.25, 0.3) is 11.1 Å². The van der Waals surface area contributed by atoms with E-state index in [0.717, 1.165) is 11.6 Å². The summed E-state index contributed by atoms with van der Waals surface area (Å²) in [5.74, 6) is -1.55. The van der Waals surface area contributed by atoms with E-state index in [1.54, 1.807) is 19.9 Å². The molecule has 12 heteroatoms. The molecule has 0 saturated heterocycles. The Hall–Kier alpha value is -3.38. The van der Waals surface area contributed by atoms with Crippen molar-refractivity contribution in [1.29, 1.82) is 0 Å². The number of aryl methyl sites for hydroxylation is 1. The fourth-order valence-corrected chi connectivity index (χ4v) is 3.77. The molecule has 0 bridgehead atoms. The third-order valence-corrected chi connectivity index (χ3v) is 7.19. The maximum absolute atomic E-state index is 15.1. The zero-order valence-corrected chi connectivity index (χ0v) is 25.0. The Bertz CT molecular complexity index is 1210. The van der Waals surface area contributed by atoms with Gasteiger partial charge in [-0.2, -0.15) is 4.99 Å². The van der Waals surface area contributed by atoms with Crippen molar-refractivity contribution < 1.29 is 28.5 Å². The lowest BCUT2D eigenvalue weighted by Gasteiger charge is -2.19. The predicted molar refractivity (Wildman–Crippen MR) is 152 cm³/mol. The number of carbonyl (C=O) groups is 1. The average molecular weight is 562 g/mol. The number of halogens is 1. The zero-order valence-electron chi connectivity index (χ0n) is 24.0. The molecule has 0 aliphatic carbocycles. The van der Waals surface area contributed by atoms with Crippen LogP contribution in [0.4, 0.5) is 4.39 Å². The molecule has 2 heterocycles. The highest BCUT2D eigenvalue weighted by Gasteiger charge is 2.28. The molecule has 0 unspecified atom stereocenters. The number of hydrogen-bond acceptors (Lipinski definition) is 7. The van der Waals surface area contributed by atoms with Gasteiger partial charge in [0, 0.05) is 44.3 Å². The van der Waals surface area contributed by atoms with Crippen molar-refractivity contribution in [1.82, 2.24) is 9.97 Å². The summed E-state index contributed by atoms with van der Waals surface area (Å²) in [7, 11) is -1.22. The number of carboxylic acid groups (broad SMARTS) is 1. The molecule has 214 valence electrons. The lowest BCUT2D eigenvalue weighted by Crippen LogP contribution is -2.30. The standard InChI is InChI=1S/C27H40FN5O5Si/c1-17(2)38-26(32-16-36-9-10-39(6,7)8)33-24(29)23-21(28)12-19(13-31-23)20-14-30-22(11-18(20)3)37-15-27(4,5)25(34)35/h11-14,17H,9-10,15-16H2,1-8H3,(H,34,35)(H2,29,32,33). The number of aromatic nitrogens is 2. The Balaban J connectivity index is 2.19. The Morgan fingerprint density at radius 3 is 2.46 bits per heavy atom. The first kappa shape index (κ1) is 31.8. The number of hydrogen-bond donors (Lipinski definition) is 2. The number of ether oxygens (including phenoxy) is 3. The highest BCUT2D eigenvalue weighted by molar-refractivity contribution is 6.76. The van der Waals surface area contributed by atoms with Crippen LogP contribution in [-0.2, 0) is 14.3 Å². The Kier molecular flexibility index (Phi) is 11.1. The van der Waals surface area contributed by atoms with Crippen molar-refractivity contribution in [2.45, 2.75) is 66.4 Å². The molecule has 0 aliphatic rings. The van der Waals surface area contributed by atoms with Gasteiger partial charge < -0.3 is 25.1 Å². The zero-order chi connectivity index (χ0) is 29.4. The minimum atomic E-state index is -1.22. The molecular formula is C27H40FN5O5Si. The third kappa shape index (κ3) is 10.4. The molecule has 0 amide bonds. The fourth-order valence-electron chi connectivity index (χ4n) is 3.01. The molecule has 2 rings (SSSR count). The first-order valence-corrected chi connectivity index (χ1v) is 16.4. The van der Waals surface area contributed by atoms with Gasteiger partial charge in [0.2, 0.25) is 5.88 Å². The first-order chi connectivity index (χ1) is 18.1. The maximum Gasteiger partial charge on any atom is 0.316 e. The van der Waals surface area contributed by atoms with Gasteiger partial charge in [0.1, 0.15) is 19.0 Å². The van der Waals surface area contributed by atoms with Crippen LogP contribution in [0.3, 0.4) is 0 Å². The van der Waals surface area contributed by atoms with Crippen LogP contribution in [0.15, 0.2) is 34.5 Å². The van der Waals surface area contributed by atoms with E-state index in [4.69, 9.17) is 19.9 Å². The van der Waals surface area contributed by atoms with Crippen LogP contribution in [0.1, 0.15) is 39.0 Å². The summed E-state index contributed by atoms with van der Waals surface area (Å²) < 4.78 is 31.8. The quantitative estimate of drug-likeness (QED) is 0.162. The second-order valence-corrected chi connectivity index (χ2v) is 16.9. The highest BCUT2D eigenvalue weighted by Crippen LogP contribution is 2.27. The molecule has 2 aromatic rings. The summed E-state index contributed by atoms with van der Waals surface area (Å²) in [6.45, 7) is 16.0. The number of amidine groups is 2. The van der Waals surface area contributed by atoms with Crippen molar-refractivity contribution >= 4 is 25.9 Å². The average Bonchev–Trinajstić information content (AvgIpc) is 2.81. The number of carboxylic acids is 1. The van der Waals surface area contributed by atoms with Crippen LogP contribution in [0, 0.1) is 18.2 Å². The van der Waals surface area contributed by atoms with Crippen molar-refractivity contribution in [3.05, 3.63) is 41.6 Å². The van der Waals surface area contributed by atoms with E-state index in [2.05, 4.69) is 39.6 Å². The monoisotopic (exact) mass is 561 g/mol. The van der Waals surface area contributed by atoms with Gasteiger partial charge in [-0.3, -0.25) is 4.79 Å². The van der Waals surface area contributed by atoms with Gasteiger partial charge in [-0.05, 0) is 52.3 Å². The third-order valence-electron chi connectivity index (χ3n) is 5.49. The predicted octanol–water partition coefficient (Wildman–Crippen LogP) is 4.88. The van der Waals surface area contributed by atoms with Crippen molar-refractivity contribution in [3.8, 4) is 17.0 Å². The molecule has 0 aromatic carbocycles. The largest absolute Gasteiger partial charge is 0.481 e. The van der Waals surface area contributed by atoms with E-state index in [0.29, 0.717) is 17.7 Å². The Morgan fingerprint density at radius 1 is 1.21 bits per heavy atom. The SMILES string of the molecule is Cc1cc(OCC(C)(C)C(=O)O)ncc1-c1cnc(C(N)=NC(=NCOCC[Si](C)(C)C)OC(C)C)c(F)c1. The summed E-state index contributed by atoms with van der Waals surface area (Å²) in [4.78, 5) is 28.1. The lowest BCUT2D eigenvalue weighted by molar-refractivity contribution is -0.148. The molecular weight excluding hydrogens is 521 g/mol. The minimum Gasteiger partial charge on any atom is -0.481 e. The van der Waals surface area contributed by atoms with Gasteiger partial charge in [0.25, 0.3) is 0 Å². The van der Waals surface area contributed by atoms with Gasteiger partial charge in [-0.25, -0.2) is 19.4 Å². The van der Waals surface area contributed by atoms with Gasteiger partial charge in [0.05, 0.1) is 11.5 Å². The maximum atomic E-state index is 15.1. The second kappa shape index (κ2) is 13.6. The number of nitrogens with two attached hydrogens (primary N) is 1. The van der Waals surface area contributed by atoms with Gasteiger partial charge >= 0.3 is 12.0 Å². The summed E-state index contributed by atoms with van der Waals surface area (Å²) >= 11 is 0. The summed E-state index contributed by atoms with van der Waals surface area (Å²) in [5.41, 5.74) is 6.73. The normalized spacial score (nSPS) is 13.1. The topological polar surface area (TPSA) is 142 Å². The number of pyridine rings is 2. The Labute approximate surface area is 230 Å². The van der Waals surface area contributed by atoms with E-state index in [9.17, 15) is 9.90 Å². The molecule has 0 atom stereocenters. The summed E-state index contributed by atoms with van der Waals surface area (Å²) in [6, 6.07) is 3.95. The van der Waals surface area contributed by atoms with Gasteiger partial charge in [-0.15, -0.1) is 0 Å². The molecule has 10 nitrogen and oxygen atoms in total. The van der Waals surface area contributed by atoms with E-state index in [1.807, 2.05) is 20.8 Å². The number of rotatable bonds is 12. The van der Waals surface area contributed by atoms with Crippen LogP contribution < -0.4 is 10.5 Å². The first-order valence-electron chi connectivity index (χ1n) is 12.7. The smallest absolute Gasteiger partial charge is 0.316 e. The van der Waals surface area contributed by atoms with Gasteiger partial charge in [-0.1, -0.05) is 19.6 Å². The lowest BCUT2D eigenvalue weighted by atomic mass is 9.95. The molecule has 0 spiro atoms. The van der Waals surface area contributed by atoms with Crippen LogP contribution in [-0.4, -0.2) is 67.0 Å².